The van der Waals surface area contributed by atoms with Gasteiger partial charge >= 0.3 is 5.97 Å². The summed E-state index contributed by atoms with van der Waals surface area (Å²) in [5.74, 6) is -0.270. The minimum atomic E-state index is -0.424. The zero-order valence-electron chi connectivity index (χ0n) is 7.42. The highest BCUT2D eigenvalue weighted by molar-refractivity contribution is 5.74. The SMILES string of the molecule is CCCOC(=O)C(C)OCC. The maximum Gasteiger partial charge on any atom is 0.334 e. The number of esters is 1. The molecule has 0 amide bonds. The van der Waals surface area contributed by atoms with Crippen LogP contribution in [0.4, 0.5) is 0 Å². The summed E-state index contributed by atoms with van der Waals surface area (Å²) in [4.78, 5) is 10.9. The third-order valence-corrected chi connectivity index (χ3v) is 1.20. The topological polar surface area (TPSA) is 35.5 Å². The molecule has 0 bridgehead atoms. The van der Waals surface area contributed by atoms with Crippen LogP contribution in [-0.4, -0.2) is 25.3 Å². The van der Waals surface area contributed by atoms with E-state index in [1.165, 1.54) is 0 Å². The van der Waals surface area contributed by atoms with Crippen LogP contribution in [0.5, 0.6) is 0 Å². The van der Waals surface area contributed by atoms with Crippen molar-refractivity contribution < 1.29 is 14.3 Å². The zero-order chi connectivity index (χ0) is 8.69. The van der Waals surface area contributed by atoms with Crippen LogP contribution in [0.25, 0.3) is 0 Å². The van der Waals surface area contributed by atoms with Crippen LogP contribution in [0.15, 0.2) is 0 Å². The van der Waals surface area contributed by atoms with Crippen molar-refractivity contribution in [2.75, 3.05) is 13.2 Å². The molecule has 0 aromatic heterocycles. The molecule has 0 rings (SSSR count). The second-order valence-corrected chi connectivity index (χ2v) is 2.27. The van der Waals surface area contributed by atoms with E-state index in [2.05, 4.69) is 0 Å². The molecule has 66 valence electrons. The van der Waals surface area contributed by atoms with E-state index in [0.717, 1.165) is 6.42 Å². The Bertz CT molecular complexity index is 112. The summed E-state index contributed by atoms with van der Waals surface area (Å²) in [5, 5.41) is 0. The van der Waals surface area contributed by atoms with Gasteiger partial charge in [-0.1, -0.05) is 6.92 Å². The highest BCUT2D eigenvalue weighted by Crippen LogP contribution is 1.94. The molecule has 1 atom stereocenters. The first-order valence-electron chi connectivity index (χ1n) is 4.00. The molecule has 0 saturated heterocycles. The van der Waals surface area contributed by atoms with Gasteiger partial charge in [0.15, 0.2) is 6.10 Å². The Labute approximate surface area is 67.7 Å². The number of rotatable bonds is 5. The van der Waals surface area contributed by atoms with Gasteiger partial charge in [0.25, 0.3) is 0 Å². The second-order valence-electron chi connectivity index (χ2n) is 2.27. The van der Waals surface area contributed by atoms with Crippen LogP contribution in [0.1, 0.15) is 27.2 Å². The molecule has 0 aliphatic carbocycles. The van der Waals surface area contributed by atoms with Gasteiger partial charge in [-0.2, -0.15) is 0 Å². The Morgan fingerprint density at radius 1 is 1.45 bits per heavy atom. The second kappa shape index (κ2) is 6.16. The summed E-state index contributed by atoms with van der Waals surface area (Å²) >= 11 is 0. The van der Waals surface area contributed by atoms with Crippen LogP contribution in [0.3, 0.4) is 0 Å². The first kappa shape index (κ1) is 10.4. The minimum absolute atomic E-state index is 0.270. The lowest BCUT2D eigenvalue weighted by atomic mass is 10.4. The summed E-state index contributed by atoms with van der Waals surface area (Å²) < 4.78 is 9.87. The number of hydrogen-bond donors (Lipinski definition) is 0. The fraction of sp³-hybridized carbons (Fsp3) is 0.875. The van der Waals surface area contributed by atoms with Crippen molar-refractivity contribution in [1.82, 2.24) is 0 Å². The van der Waals surface area contributed by atoms with Crippen LogP contribution in [0, 0.1) is 0 Å². The Hall–Kier alpha value is -0.570. The summed E-state index contributed by atoms with van der Waals surface area (Å²) in [6.45, 7) is 6.53. The van der Waals surface area contributed by atoms with Gasteiger partial charge in [-0.3, -0.25) is 0 Å². The van der Waals surface area contributed by atoms with E-state index in [0.29, 0.717) is 13.2 Å². The Kier molecular flexibility index (Phi) is 5.84. The molecule has 0 N–H and O–H groups in total. The van der Waals surface area contributed by atoms with Gasteiger partial charge in [-0.25, -0.2) is 4.79 Å². The summed E-state index contributed by atoms with van der Waals surface area (Å²) in [5.41, 5.74) is 0. The van der Waals surface area contributed by atoms with Crippen molar-refractivity contribution in [3.05, 3.63) is 0 Å². The van der Waals surface area contributed by atoms with Gasteiger partial charge in [0.05, 0.1) is 6.61 Å². The lowest BCUT2D eigenvalue weighted by Gasteiger charge is -2.09. The Balaban J connectivity index is 3.47. The van der Waals surface area contributed by atoms with Crippen molar-refractivity contribution in [1.29, 1.82) is 0 Å². The van der Waals surface area contributed by atoms with Gasteiger partial charge < -0.3 is 9.47 Å². The molecule has 0 aromatic carbocycles. The molecule has 0 aliphatic rings. The molecular weight excluding hydrogens is 144 g/mol. The largest absolute Gasteiger partial charge is 0.464 e. The molecule has 0 spiro atoms. The predicted octanol–water partition coefficient (Wildman–Crippen LogP) is 1.36. The van der Waals surface area contributed by atoms with Crippen molar-refractivity contribution in [2.24, 2.45) is 0 Å². The van der Waals surface area contributed by atoms with Crippen LogP contribution < -0.4 is 0 Å². The van der Waals surface area contributed by atoms with E-state index >= 15 is 0 Å². The van der Waals surface area contributed by atoms with Gasteiger partial charge in [0, 0.05) is 6.61 Å². The summed E-state index contributed by atoms with van der Waals surface area (Å²) in [7, 11) is 0. The molecular formula is C8H16O3. The third-order valence-electron chi connectivity index (χ3n) is 1.20. The number of ether oxygens (including phenoxy) is 2. The van der Waals surface area contributed by atoms with Crippen molar-refractivity contribution >= 4 is 5.97 Å². The van der Waals surface area contributed by atoms with Gasteiger partial charge in [-0.05, 0) is 20.3 Å². The number of hydrogen-bond acceptors (Lipinski definition) is 3. The number of carbonyl (C=O) groups excluding carboxylic acids is 1. The average Bonchev–Trinajstić information content (AvgIpc) is 2.00. The van der Waals surface area contributed by atoms with Gasteiger partial charge in [0.1, 0.15) is 0 Å². The lowest BCUT2D eigenvalue weighted by molar-refractivity contribution is -0.155. The molecule has 0 aliphatic heterocycles. The number of carbonyl (C=O) groups is 1. The van der Waals surface area contributed by atoms with Gasteiger partial charge in [0.2, 0.25) is 0 Å². The monoisotopic (exact) mass is 160 g/mol. The minimum Gasteiger partial charge on any atom is -0.464 e. The van der Waals surface area contributed by atoms with E-state index in [4.69, 9.17) is 9.47 Å². The van der Waals surface area contributed by atoms with Crippen molar-refractivity contribution in [3.63, 3.8) is 0 Å². The molecule has 3 nitrogen and oxygen atoms in total. The highest BCUT2D eigenvalue weighted by Gasteiger charge is 2.12. The maximum absolute atomic E-state index is 10.9. The van der Waals surface area contributed by atoms with E-state index in [-0.39, 0.29) is 5.97 Å². The molecule has 0 radical (unpaired) electrons. The highest BCUT2D eigenvalue weighted by atomic mass is 16.6. The fourth-order valence-corrected chi connectivity index (χ4v) is 0.638. The molecule has 0 heterocycles. The maximum atomic E-state index is 10.9. The summed E-state index contributed by atoms with van der Waals surface area (Å²) in [6.07, 6.45) is 0.427. The average molecular weight is 160 g/mol. The molecule has 0 fully saturated rings. The first-order valence-corrected chi connectivity index (χ1v) is 4.00. The Morgan fingerprint density at radius 2 is 2.09 bits per heavy atom. The fourth-order valence-electron chi connectivity index (χ4n) is 0.638. The van der Waals surface area contributed by atoms with Crippen LogP contribution in [0.2, 0.25) is 0 Å². The van der Waals surface area contributed by atoms with Crippen molar-refractivity contribution in [3.8, 4) is 0 Å². The molecule has 0 saturated carbocycles. The first-order chi connectivity index (χ1) is 5.22. The lowest BCUT2D eigenvalue weighted by Crippen LogP contribution is -2.23. The molecule has 1 unspecified atom stereocenters. The van der Waals surface area contributed by atoms with E-state index in [1.807, 2.05) is 13.8 Å². The predicted molar refractivity (Wildman–Crippen MR) is 42.3 cm³/mol. The standard InChI is InChI=1S/C8H16O3/c1-4-6-11-8(9)7(3)10-5-2/h7H,4-6H2,1-3H3. The van der Waals surface area contributed by atoms with Crippen LogP contribution in [-0.2, 0) is 14.3 Å². The van der Waals surface area contributed by atoms with Crippen molar-refractivity contribution in [2.45, 2.75) is 33.3 Å². The van der Waals surface area contributed by atoms with E-state index < -0.39 is 6.10 Å². The van der Waals surface area contributed by atoms with E-state index in [9.17, 15) is 4.79 Å². The quantitative estimate of drug-likeness (QED) is 0.570. The molecule has 11 heavy (non-hydrogen) atoms. The smallest absolute Gasteiger partial charge is 0.334 e. The third kappa shape index (κ3) is 4.79. The zero-order valence-corrected chi connectivity index (χ0v) is 7.42. The van der Waals surface area contributed by atoms with Gasteiger partial charge in [-0.15, -0.1) is 0 Å². The van der Waals surface area contributed by atoms with Crippen LogP contribution >= 0.6 is 0 Å². The normalized spacial score (nSPS) is 12.6. The van der Waals surface area contributed by atoms with E-state index in [1.54, 1.807) is 6.92 Å². The Morgan fingerprint density at radius 3 is 2.55 bits per heavy atom. The summed E-state index contributed by atoms with van der Waals surface area (Å²) in [6, 6.07) is 0. The molecule has 3 heteroatoms. The molecule has 0 aromatic rings.